The van der Waals surface area contributed by atoms with Crippen LogP contribution in [0.4, 0.5) is 17.3 Å². The summed E-state index contributed by atoms with van der Waals surface area (Å²) >= 11 is 12.8. The molecule has 1 unspecified atom stereocenters. The third kappa shape index (κ3) is 9.32. The Hall–Kier alpha value is -3.74. The fraction of sp³-hybridized carbons (Fsp3) is 0.590. The van der Waals surface area contributed by atoms with E-state index in [2.05, 4.69) is 53.3 Å². The van der Waals surface area contributed by atoms with Gasteiger partial charge in [-0.05, 0) is 95.9 Å². The number of anilines is 3. The highest BCUT2D eigenvalue weighted by atomic mass is 35.5. The molecule has 4 N–H and O–H groups in total. The second-order valence-electron chi connectivity index (χ2n) is 15.3. The van der Waals surface area contributed by atoms with Crippen LogP contribution >= 0.6 is 23.2 Å². The van der Waals surface area contributed by atoms with Crippen molar-refractivity contribution in [3.8, 4) is 0 Å². The minimum absolute atomic E-state index is 0.0354. The maximum absolute atomic E-state index is 13.5. The summed E-state index contributed by atoms with van der Waals surface area (Å²) < 4.78 is 0. The number of allylic oxidation sites excluding steroid dienone is 4. The van der Waals surface area contributed by atoms with Crippen LogP contribution in [0.15, 0.2) is 40.8 Å². The molecule has 4 fully saturated rings. The lowest BCUT2D eigenvalue weighted by molar-refractivity contribution is -0.134. The van der Waals surface area contributed by atoms with Crippen molar-refractivity contribution in [2.75, 3.05) is 61.3 Å². The van der Waals surface area contributed by atoms with Crippen molar-refractivity contribution in [3.05, 3.63) is 52.1 Å². The highest BCUT2D eigenvalue weighted by Crippen LogP contribution is 2.35. The van der Waals surface area contributed by atoms with E-state index in [0.29, 0.717) is 58.1 Å². The first-order valence-electron chi connectivity index (χ1n) is 19.1. The lowest BCUT2D eigenvalue weighted by Gasteiger charge is -2.42. The van der Waals surface area contributed by atoms with Crippen LogP contribution in [0.2, 0.25) is 0 Å². The van der Waals surface area contributed by atoms with Crippen molar-refractivity contribution in [2.24, 2.45) is 11.8 Å². The van der Waals surface area contributed by atoms with E-state index in [-0.39, 0.29) is 35.1 Å². The second kappa shape index (κ2) is 17.2. The summed E-state index contributed by atoms with van der Waals surface area (Å²) in [7, 11) is 0. The molecule has 0 radical (unpaired) electrons. The standard InChI is InChI=1S/C39H53Cl2N9O3/c1-4-29(34(41)31(40)5-2)35-36(42)45-32(23-44-35)50-18-12-39(3,13-19-50)47-37(52)26-10-14-48(15-11-26)24-25-8-16-49(17-9-25)28-20-27(21-43-22-28)30-6-7-33(51)46-38(30)53/h4,20-23,25-26,30H,5-19,24H2,1-3H3,(H2,42,45)(H,47,52)(H,46,51,53)/b29-4+,34-31-. The summed E-state index contributed by atoms with van der Waals surface area (Å²) in [6.07, 6.45) is 14.3. The molecule has 3 amide bonds. The van der Waals surface area contributed by atoms with Crippen LogP contribution in [-0.4, -0.2) is 88.9 Å². The summed E-state index contributed by atoms with van der Waals surface area (Å²) in [5.74, 6) is 1.08. The van der Waals surface area contributed by atoms with Crippen molar-refractivity contribution in [1.29, 1.82) is 0 Å². The average Bonchev–Trinajstić information content (AvgIpc) is 3.16. The predicted molar refractivity (Wildman–Crippen MR) is 211 cm³/mol. The molecule has 0 spiro atoms. The topological polar surface area (TPSA) is 150 Å². The number of nitrogen functional groups attached to an aromatic ring is 1. The zero-order valence-corrected chi connectivity index (χ0v) is 32.7. The fourth-order valence-corrected chi connectivity index (χ4v) is 8.55. The van der Waals surface area contributed by atoms with Gasteiger partial charge < -0.3 is 25.8 Å². The molecule has 0 aliphatic carbocycles. The van der Waals surface area contributed by atoms with Gasteiger partial charge in [0.25, 0.3) is 0 Å². The van der Waals surface area contributed by atoms with Gasteiger partial charge in [0.05, 0.1) is 29.0 Å². The monoisotopic (exact) mass is 765 g/mol. The van der Waals surface area contributed by atoms with E-state index < -0.39 is 0 Å². The van der Waals surface area contributed by atoms with Crippen molar-refractivity contribution in [3.63, 3.8) is 0 Å². The molecule has 53 heavy (non-hydrogen) atoms. The van der Waals surface area contributed by atoms with E-state index in [1.807, 2.05) is 26.1 Å². The first kappa shape index (κ1) is 39.0. The van der Waals surface area contributed by atoms with Gasteiger partial charge in [0.1, 0.15) is 11.5 Å². The Morgan fingerprint density at radius 3 is 2.38 bits per heavy atom. The van der Waals surface area contributed by atoms with E-state index in [9.17, 15) is 14.4 Å². The van der Waals surface area contributed by atoms with Crippen molar-refractivity contribution in [2.45, 2.75) is 90.0 Å². The minimum atomic E-state index is -0.323. The van der Waals surface area contributed by atoms with Gasteiger partial charge in [-0.25, -0.2) is 9.97 Å². The number of aromatic nitrogens is 3. The normalized spacial score (nSPS) is 22.7. The van der Waals surface area contributed by atoms with Crippen molar-refractivity contribution >= 4 is 63.8 Å². The zero-order chi connectivity index (χ0) is 37.7. The van der Waals surface area contributed by atoms with E-state index in [4.69, 9.17) is 28.9 Å². The van der Waals surface area contributed by atoms with E-state index in [1.54, 1.807) is 12.4 Å². The molecule has 0 saturated carbocycles. The Kier molecular flexibility index (Phi) is 12.6. The largest absolute Gasteiger partial charge is 0.382 e. The quantitative estimate of drug-likeness (QED) is 0.207. The number of halogens is 2. The number of nitrogens with two attached hydrogens (primary N) is 1. The minimum Gasteiger partial charge on any atom is -0.382 e. The first-order valence-corrected chi connectivity index (χ1v) is 19.9. The predicted octanol–water partition coefficient (Wildman–Crippen LogP) is 5.58. The summed E-state index contributed by atoms with van der Waals surface area (Å²) in [5, 5.41) is 6.86. The van der Waals surface area contributed by atoms with Gasteiger partial charge in [0.2, 0.25) is 17.7 Å². The van der Waals surface area contributed by atoms with Gasteiger partial charge in [0.15, 0.2) is 5.82 Å². The highest BCUT2D eigenvalue weighted by molar-refractivity contribution is 6.44. The number of carbonyl (C=O) groups excluding carboxylic acids is 3. The summed E-state index contributed by atoms with van der Waals surface area (Å²) in [5.41, 5.74) is 9.19. The van der Waals surface area contributed by atoms with Crippen LogP contribution in [0.5, 0.6) is 0 Å². The number of likely N-dealkylation sites (tertiary alicyclic amines) is 1. The molecule has 2 aromatic heterocycles. The molecule has 286 valence electrons. The number of piperidine rings is 4. The smallest absolute Gasteiger partial charge is 0.234 e. The molecule has 6 heterocycles. The fourth-order valence-electron chi connectivity index (χ4n) is 8.11. The number of rotatable bonds is 10. The maximum atomic E-state index is 13.5. The van der Waals surface area contributed by atoms with E-state index in [1.165, 1.54) is 0 Å². The Balaban J connectivity index is 0.925. The van der Waals surface area contributed by atoms with Crippen LogP contribution < -0.4 is 26.2 Å². The number of amides is 3. The molecule has 14 heteroatoms. The number of hydrogen-bond donors (Lipinski definition) is 3. The van der Waals surface area contributed by atoms with Crippen LogP contribution in [0.1, 0.15) is 95.7 Å². The first-order chi connectivity index (χ1) is 25.5. The Morgan fingerprint density at radius 2 is 1.74 bits per heavy atom. The molecule has 1 atom stereocenters. The molecule has 4 saturated heterocycles. The molecule has 0 bridgehead atoms. The van der Waals surface area contributed by atoms with E-state index >= 15 is 0 Å². The van der Waals surface area contributed by atoms with Gasteiger partial charge in [-0.15, -0.1) is 0 Å². The molecule has 12 nitrogen and oxygen atoms in total. The SMILES string of the molecule is C/C=C(\C(Cl)=C(\Cl)CC)c1ncc(N2CCC(C)(NC(=O)C3CCN(CC4CCN(c5cncc(C6CCC(=O)NC6=O)c5)CC4)CC3)CC2)nc1N. The number of hydrogen-bond acceptors (Lipinski definition) is 10. The van der Waals surface area contributed by atoms with Gasteiger partial charge in [-0.3, -0.25) is 24.7 Å². The zero-order valence-electron chi connectivity index (χ0n) is 31.2. The number of pyridine rings is 1. The van der Waals surface area contributed by atoms with Crippen LogP contribution in [-0.2, 0) is 14.4 Å². The second-order valence-corrected chi connectivity index (χ2v) is 16.1. The Morgan fingerprint density at radius 1 is 1.02 bits per heavy atom. The maximum Gasteiger partial charge on any atom is 0.234 e. The lowest BCUT2D eigenvalue weighted by Crippen LogP contribution is -2.55. The molecule has 0 aromatic carbocycles. The van der Waals surface area contributed by atoms with Gasteiger partial charge >= 0.3 is 0 Å². The summed E-state index contributed by atoms with van der Waals surface area (Å²) in [4.78, 5) is 58.3. The molecule has 4 aliphatic rings. The number of carbonyl (C=O) groups is 3. The van der Waals surface area contributed by atoms with Crippen molar-refractivity contribution in [1.82, 2.24) is 30.5 Å². The Bertz CT molecular complexity index is 1730. The molecule has 6 rings (SSSR count). The lowest BCUT2D eigenvalue weighted by atomic mass is 9.87. The average molecular weight is 767 g/mol. The number of imide groups is 1. The number of nitrogens with one attached hydrogen (secondary N) is 2. The van der Waals surface area contributed by atoms with Gasteiger partial charge in [0, 0.05) is 67.4 Å². The summed E-state index contributed by atoms with van der Waals surface area (Å²) in [6, 6.07) is 2.07. The van der Waals surface area contributed by atoms with Crippen molar-refractivity contribution < 1.29 is 14.4 Å². The molecular weight excluding hydrogens is 713 g/mol. The summed E-state index contributed by atoms with van der Waals surface area (Å²) in [6.45, 7) is 12.3. The van der Waals surface area contributed by atoms with E-state index in [0.717, 1.165) is 95.6 Å². The van der Waals surface area contributed by atoms with Crippen LogP contribution in [0.25, 0.3) is 5.57 Å². The Labute approximate surface area is 323 Å². The highest BCUT2D eigenvalue weighted by Gasteiger charge is 2.36. The molecular formula is C39H53Cl2N9O3. The third-order valence-corrected chi connectivity index (χ3v) is 12.6. The van der Waals surface area contributed by atoms with Crippen LogP contribution in [0, 0.1) is 11.8 Å². The molecule has 2 aromatic rings. The van der Waals surface area contributed by atoms with Gasteiger partial charge in [-0.2, -0.15) is 0 Å². The molecule has 4 aliphatic heterocycles. The number of nitrogens with zero attached hydrogens (tertiary/aromatic N) is 6. The third-order valence-electron chi connectivity index (χ3n) is 11.6. The van der Waals surface area contributed by atoms with Crippen LogP contribution in [0.3, 0.4) is 0 Å². The van der Waals surface area contributed by atoms with Gasteiger partial charge in [-0.1, -0.05) is 36.2 Å².